The van der Waals surface area contributed by atoms with Crippen LogP contribution in [0.5, 0.6) is 0 Å². The van der Waals surface area contributed by atoms with E-state index >= 15 is 0 Å². The Bertz CT molecular complexity index is 598. The molecule has 1 fully saturated rings. The van der Waals surface area contributed by atoms with E-state index in [1.54, 1.807) is 23.1 Å². The zero-order valence-corrected chi connectivity index (χ0v) is 14.2. The molecule has 128 valence electrons. The highest BCUT2D eigenvalue weighted by Crippen LogP contribution is 2.14. The molecule has 0 radical (unpaired) electrons. The molecular weight excluding hydrogens is 316 g/mol. The molecule has 1 heterocycles. The lowest BCUT2D eigenvalue weighted by atomic mass is 10.1. The highest BCUT2D eigenvalue weighted by Gasteiger charge is 2.22. The molecule has 1 aliphatic rings. The van der Waals surface area contributed by atoms with Crippen LogP contribution in [-0.4, -0.2) is 52.1 Å². The molecule has 0 saturated carbocycles. The van der Waals surface area contributed by atoms with Gasteiger partial charge in [0, 0.05) is 38.6 Å². The molecule has 0 bridgehead atoms. The number of hydrogen-bond acceptors (Lipinski definition) is 4. The number of amides is 1. The van der Waals surface area contributed by atoms with Crippen LogP contribution in [0, 0.1) is 5.92 Å². The van der Waals surface area contributed by atoms with E-state index < -0.39 is 10.0 Å². The van der Waals surface area contributed by atoms with Crippen molar-refractivity contribution < 1.29 is 17.9 Å². The molecule has 1 aromatic rings. The molecule has 1 aliphatic heterocycles. The fourth-order valence-corrected chi connectivity index (χ4v) is 3.63. The van der Waals surface area contributed by atoms with E-state index in [1.807, 2.05) is 6.92 Å². The van der Waals surface area contributed by atoms with Crippen molar-refractivity contribution in [1.29, 1.82) is 0 Å². The first kappa shape index (κ1) is 17.9. The summed E-state index contributed by atoms with van der Waals surface area (Å²) in [5.74, 6) is 0.357. The molecule has 1 N–H and O–H groups in total. The van der Waals surface area contributed by atoms with Gasteiger partial charge in [-0.25, -0.2) is 13.1 Å². The molecule has 1 saturated heterocycles. The Kier molecular flexibility index (Phi) is 6.56. The fraction of sp³-hybridized carbons (Fsp3) is 0.562. The molecule has 1 atom stereocenters. The number of carbonyl (C=O) groups is 1. The molecule has 0 spiro atoms. The summed E-state index contributed by atoms with van der Waals surface area (Å²) in [6, 6.07) is 8.16. The van der Waals surface area contributed by atoms with E-state index in [9.17, 15) is 13.2 Å². The molecule has 23 heavy (non-hydrogen) atoms. The summed E-state index contributed by atoms with van der Waals surface area (Å²) < 4.78 is 32.0. The lowest BCUT2D eigenvalue weighted by Gasteiger charge is -2.23. The highest BCUT2D eigenvalue weighted by atomic mass is 32.2. The van der Waals surface area contributed by atoms with Gasteiger partial charge >= 0.3 is 0 Å². The third-order valence-electron chi connectivity index (χ3n) is 3.92. The van der Waals surface area contributed by atoms with Gasteiger partial charge in [0.1, 0.15) is 0 Å². The van der Waals surface area contributed by atoms with Gasteiger partial charge in [-0.2, -0.15) is 0 Å². The zero-order valence-electron chi connectivity index (χ0n) is 13.4. The van der Waals surface area contributed by atoms with Gasteiger partial charge in [0.25, 0.3) is 0 Å². The normalized spacial score (nSPS) is 18.0. The molecule has 0 unspecified atom stereocenters. The molecule has 0 aromatic heterocycles. The molecule has 1 aromatic carbocycles. The fourth-order valence-electron chi connectivity index (χ4n) is 2.58. The Morgan fingerprint density at radius 2 is 2.09 bits per heavy atom. The van der Waals surface area contributed by atoms with Crippen LogP contribution < -0.4 is 4.72 Å². The maximum absolute atomic E-state index is 12.2. The van der Waals surface area contributed by atoms with Gasteiger partial charge in [0.15, 0.2) is 0 Å². The van der Waals surface area contributed by atoms with Crippen molar-refractivity contribution in [2.24, 2.45) is 5.92 Å². The minimum atomic E-state index is -3.55. The average molecular weight is 340 g/mol. The second-order valence-corrected chi connectivity index (χ2v) is 7.39. The van der Waals surface area contributed by atoms with Gasteiger partial charge in [-0.1, -0.05) is 18.2 Å². The molecule has 6 nitrogen and oxygen atoms in total. The Morgan fingerprint density at radius 1 is 1.35 bits per heavy atom. The minimum absolute atomic E-state index is 0.0323. The quantitative estimate of drug-likeness (QED) is 0.772. The Balaban J connectivity index is 1.81. The number of benzene rings is 1. The molecule has 7 heteroatoms. The van der Waals surface area contributed by atoms with Crippen molar-refractivity contribution in [3.8, 4) is 0 Å². The van der Waals surface area contributed by atoms with Crippen LogP contribution in [0.4, 0.5) is 0 Å². The average Bonchev–Trinajstić information content (AvgIpc) is 3.06. The second-order valence-electron chi connectivity index (χ2n) is 5.62. The first-order valence-electron chi connectivity index (χ1n) is 7.93. The van der Waals surface area contributed by atoms with Crippen molar-refractivity contribution in [2.45, 2.75) is 24.7 Å². The predicted molar refractivity (Wildman–Crippen MR) is 87.4 cm³/mol. The molecule has 2 rings (SSSR count). The van der Waals surface area contributed by atoms with Gasteiger partial charge in [0.05, 0.1) is 11.5 Å². The highest BCUT2D eigenvalue weighted by molar-refractivity contribution is 7.89. The van der Waals surface area contributed by atoms with Crippen molar-refractivity contribution in [1.82, 2.24) is 9.62 Å². The Labute approximate surface area is 137 Å². The summed E-state index contributed by atoms with van der Waals surface area (Å²) >= 11 is 0. The summed E-state index contributed by atoms with van der Waals surface area (Å²) in [6.07, 6.45) is 1.14. The Hall–Kier alpha value is -1.44. The maximum Gasteiger partial charge on any atom is 0.240 e. The number of sulfonamides is 1. The molecule has 0 aliphatic carbocycles. The van der Waals surface area contributed by atoms with E-state index in [4.69, 9.17) is 4.74 Å². The van der Waals surface area contributed by atoms with E-state index in [0.29, 0.717) is 25.6 Å². The summed E-state index contributed by atoms with van der Waals surface area (Å²) in [5.41, 5.74) is 0. The summed E-state index contributed by atoms with van der Waals surface area (Å²) in [6.45, 7) is 4.80. The van der Waals surface area contributed by atoms with Gasteiger partial charge in [-0.15, -0.1) is 0 Å². The Morgan fingerprint density at radius 3 is 2.70 bits per heavy atom. The lowest BCUT2D eigenvalue weighted by molar-refractivity contribution is -0.131. The standard InChI is InChI=1S/C16H24N2O4S/c1-2-18(12-14-9-11-22-13-14)16(19)8-10-17-23(20,21)15-6-4-3-5-7-15/h3-7,14,17H,2,8-13H2,1H3/t14-/m1/s1. The number of rotatable bonds is 8. The van der Waals surface area contributed by atoms with Gasteiger partial charge in [0.2, 0.25) is 15.9 Å². The van der Waals surface area contributed by atoms with Crippen molar-refractivity contribution in [2.75, 3.05) is 32.8 Å². The minimum Gasteiger partial charge on any atom is -0.381 e. The van der Waals surface area contributed by atoms with Crippen LogP contribution in [-0.2, 0) is 19.6 Å². The zero-order chi connectivity index (χ0) is 16.7. The van der Waals surface area contributed by atoms with Crippen molar-refractivity contribution in [3.63, 3.8) is 0 Å². The number of hydrogen-bond donors (Lipinski definition) is 1. The van der Waals surface area contributed by atoms with Crippen LogP contribution in [0.15, 0.2) is 35.2 Å². The van der Waals surface area contributed by atoms with Crippen LogP contribution in [0.25, 0.3) is 0 Å². The van der Waals surface area contributed by atoms with Crippen LogP contribution in [0.1, 0.15) is 19.8 Å². The summed E-state index contributed by atoms with van der Waals surface area (Å²) in [4.78, 5) is 14.2. The topological polar surface area (TPSA) is 75.7 Å². The van der Waals surface area contributed by atoms with E-state index in [1.165, 1.54) is 12.1 Å². The van der Waals surface area contributed by atoms with Crippen LogP contribution in [0.3, 0.4) is 0 Å². The van der Waals surface area contributed by atoms with Crippen LogP contribution >= 0.6 is 0 Å². The van der Waals surface area contributed by atoms with Crippen LogP contribution in [0.2, 0.25) is 0 Å². The summed E-state index contributed by atoms with van der Waals surface area (Å²) in [5, 5.41) is 0. The largest absolute Gasteiger partial charge is 0.381 e. The lowest BCUT2D eigenvalue weighted by Crippen LogP contribution is -2.37. The first-order valence-corrected chi connectivity index (χ1v) is 9.41. The summed E-state index contributed by atoms with van der Waals surface area (Å²) in [7, 11) is -3.55. The predicted octanol–water partition coefficient (Wildman–Crippen LogP) is 1.24. The van der Waals surface area contributed by atoms with Crippen molar-refractivity contribution >= 4 is 15.9 Å². The number of ether oxygens (including phenoxy) is 1. The molecule has 1 amide bonds. The molecular formula is C16H24N2O4S. The first-order chi connectivity index (χ1) is 11.0. The SMILES string of the molecule is CCN(C[C@H]1CCOC1)C(=O)CCNS(=O)(=O)c1ccccc1. The van der Waals surface area contributed by atoms with Gasteiger partial charge < -0.3 is 9.64 Å². The smallest absolute Gasteiger partial charge is 0.240 e. The third-order valence-corrected chi connectivity index (χ3v) is 5.40. The number of nitrogens with zero attached hydrogens (tertiary/aromatic N) is 1. The van der Waals surface area contributed by atoms with Gasteiger partial charge in [-0.3, -0.25) is 4.79 Å². The van der Waals surface area contributed by atoms with E-state index in [-0.39, 0.29) is 23.8 Å². The number of nitrogens with one attached hydrogen (secondary N) is 1. The van der Waals surface area contributed by atoms with E-state index in [2.05, 4.69) is 4.72 Å². The van der Waals surface area contributed by atoms with Crippen molar-refractivity contribution in [3.05, 3.63) is 30.3 Å². The van der Waals surface area contributed by atoms with Gasteiger partial charge in [-0.05, 0) is 25.5 Å². The second kappa shape index (κ2) is 8.42. The number of carbonyl (C=O) groups excluding carboxylic acids is 1. The maximum atomic E-state index is 12.2. The monoisotopic (exact) mass is 340 g/mol. The van der Waals surface area contributed by atoms with E-state index in [0.717, 1.165) is 13.0 Å². The third kappa shape index (κ3) is 5.30.